The van der Waals surface area contributed by atoms with Crippen LogP contribution in [0.25, 0.3) is 5.57 Å². The molecule has 0 saturated heterocycles. The topological polar surface area (TPSA) is 46.5 Å². The zero-order chi connectivity index (χ0) is 18.4. The number of ether oxygens (including phenoxy) is 1. The standard InChI is InChI=1S/C21H26O3/c1-8-13(2)10-9-11-14(3)20(21(22)23)19-15(4)12-18(24-7)16(5)17(19)6/h8-12H,1H2,2-7H3,(H,22,23)/b11-9+,13-10+,20-14+. The lowest BCUT2D eigenvalue weighted by atomic mass is 9.89. The number of hydrogen-bond donors (Lipinski definition) is 1. The molecular weight excluding hydrogens is 300 g/mol. The highest BCUT2D eigenvalue weighted by Gasteiger charge is 2.20. The van der Waals surface area contributed by atoms with E-state index in [4.69, 9.17) is 4.74 Å². The van der Waals surface area contributed by atoms with Crippen molar-refractivity contribution in [3.8, 4) is 5.75 Å². The minimum Gasteiger partial charge on any atom is -0.496 e. The molecule has 0 saturated carbocycles. The van der Waals surface area contributed by atoms with E-state index >= 15 is 0 Å². The number of aliphatic carboxylic acids is 1. The maximum atomic E-state index is 11.9. The van der Waals surface area contributed by atoms with Crippen molar-refractivity contribution in [1.29, 1.82) is 0 Å². The van der Waals surface area contributed by atoms with Gasteiger partial charge >= 0.3 is 5.97 Å². The Labute approximate surface area is 144 Å². The molecule has 1 rings (SSSR count). The minimum atomic E-state index is -0.933. The van der Waals surface area contributed by atoms with Crippen molar-refractivity contribution in [2.24, 2.45) is 0 Å². The SMILES string of the molecule is C=C/C(C)=C/C=C/C(C)=C(/C(=O)O)c1c(C)cc(OC)c(C)c1C. The molecule has 1 aromatic rings. The Morgan fingerprint density at radius 3 is 2.33 bits per heavy atom. The highest BCUT2D eigenvalue weighted by Crippen LogP contribution is 2.33. The second-order valence-corrected chi connectivity index (χ2v) is 5.86. The number of hydrogen-bond acceptors (Lipinski definition) is 2. The van der Waals surface area contributed by atoms with Crippen LogP contribution >= 0.6 is 0 Å². The Balaban J connectivity index is 3.58. The van der Waals surface area contributed by atoms with Gasteiger partial charge in [-0.1, -0.05) is 36.5 Å². The first kappa shape index (κ1) is 19.5. The predicted molar refractivity (Wildman–Crippen MR) is 101 cm³/mol. The van der Waals surface area contributed by atoms with Crippen LogP contribution in [0.3, 0.4) is 0 Å². The largest absolute Gasteiger partial charge is 0.496 e. The fourth-order valence-electron chi connectivity index (χ4n) is 2.61. The van der Waals surface area contributed by atoms with Gasteiger partial charge in [-0.25, -0.2) is 4.79 Å². The first-order chi connectivity index (χ1) is 11.2. The second-order valence-electron chi connectivity index (χ2n) is 5.86. The summed E-state index contributed by atoms with van der Waals surface area (Å²) in [6.45, 7) is 13.2. The molecule has 0 bridgehead atoms. The van der Waals surface area contributed by atoms with Gasteiger partial charge in [0, 0.05) is 0 Å². The lowest BCUT2D eigenvalue weighted by Crippen LogP contribution is -2.07. The monoisotopic (exact) mass is 326 g/mol. The van der Waals surface area contributed by atoms with Crippen molar-refractivity contribution >= 4 is 11.5 Å². The smallest absolute Gasteiger partial charge is 0.336 e. The predicted octanol–water partition coefficient (Wildman–Crippen LogP) is 5.17. The van der Waals surface area contributed by atoms with Crippen molar-refractivity contribution in [3.63, 3.8) is 0 Å². The number of aryl methyl sites for hydroxylation is 1. The second kappa shape index (κ2) is 8.34. The molecule has 0 aliphatic rings. The van der Waals surface area contributed by atoms with E-state index in [2.05, 4.69) is 6.58 Å². The van der Waals surface area contributed by atoms with Gasteiger partial charge in [-0.2, -0.15) is 0 Å². The number of carboxylic acids is 1. The maximum absolute atomic E-state index is 11.9. The van der Waals surface area contributed by atoms with E-state index in [9.17, 15) is 9.90 Å². The Kier molecular flexibility index (Phi) is 6.78. The van der Waals surface area contributed by atoms with Gasteiger partial charge in [0.1, 0.15) is 5.75 Å². The zero-order valence-corrected chi connectivity index (χ0v) is 15.4. The summed E-state index contributed by atoms with van der Waals surface area (Å²) < 4.78 is 5.37. The van der Waals surface area contributed by atoms with Crippen LogP contribution in [0.1, 0.15) is 36.1 Å². The molecule has 0 fully saturated rings. The molecule has 3 nitrogen and oxygen atoms in total. The molecule has 0 heterocycles. The van der Waals surface area contributed by atoms with Gasteiger partial charge in [0.05, 0.1) is 12.7 Å². The van der Waals surface area contributed by atoms with Gasteiger partial charge in [-0.15, -0.1) is 0 Å². The Morgan fingerprint density at radius 1 is 1.21 bits per heavy atom. The van der Waals surface area contributed by atoms with Gasteiger partial charge in [0.15, 0.2) is 0 Å². The number of carboxylic acid groups (broad SMARTS) is 1. The van der Waals surface area contributed by atoms with E-state index < -0.39 is 5.97 Å². The summed E-state index contributed by atoms with van der Waals surface area (Å²) in [6.07, 6.45) is 7.31. The lowest BCUT2D eigenvalue weighted by molar-refractivity contribution is -0.130. The molecule has 0 aliphatic heterocycles. The third-order valence-corrected chi connectivity index (χ3v) is 4.15. The van der Waals surface area contributed by atoms with Crippen LogP contribution in [0.2, 0.25) is 0 Å². The summed E-state index contributed by atoms with van der Waals surface area (Å²) in [5.41, 5.74) is 5.56. The first-order valence-electron chi connectivity index (χ1n) is 7.81. The number of methoxy groups -OCH3 is 1. The minimum absolute atomic E-state index is 0.316. The third kappa shape index (κ3) is 4.25. The molecule has 0 spiro atoms. The highest BCUT2D eigenvalue weighted by atomic mass is 16.5. The van der Waals surface area contributed by atoms with E-state index in [0.717, 1.165) is 33.6 Å². The van der Waals surface area contributed by atoms with Crippen LogP contribution in [-0.2, 0) is 4.79 Å². The van der Waals surface area contributed by atoms with Crippen LogP contribution < -0.4 is 4.74 Å². The van der Waals surface area contributed by atoms with E-state index in [1.54, 1.807) is 13.2 Å². The van der Waals surface area contributed by atoms with Gasteiger partial charge in [-0.05, 0) is 68.5 Å². The van der Waals surface area contributed by atoms with Crippen LogP contribution in [0.4, 0.5) is 0 Å². The molecule has 0 amide bonds. The molecule has 0 radical (unpaired) electrons. The molecule has 3 heteroatoms. The van der Waals surface area contributed by atoms with Gasteiger partial charge in [0.25, 0.3) is 0 Å². The first-order valence-corrected chi connectivity index (χ1v) is 7.81. The molecule has 0 aromatic heterocycles. The average molecular weight is 326 g/mol. The summed E-state index contributed by atoms with van der Waals surface area (Å²) >= 11 is 0. The average Bonchev–Trinajstić information content (AvgIpc) is 2.53. The zero-order valence-electron chi connectivity index (χ0n) is 15.4. The van der Waals surface area contributed by atoms with E-state index in [1.165, 1.54) is 0 Å². The lowest BCUT2D eigenvalue weighted by Gasteiger charge is -2.17. The van der Waals surface area contributed by atoms with E-state index in [0.29, 0.717) is 11.1 Å². The van der Waals surface area contributed by atoms with Crippen molar-refractivity contribution in [2.75, 3.05) is 7.11 Å². The fourth-order valence-corrected chi connectivity index (χ4v) is 2.61. The normalized spacial score (nSPS) is 13.0. The summed E-state index contributed by atoms with van der Waals surface area (Å²) in [6, 6.07) is 1.89. The van der Waals surface area contributed by atoms with Gasteiger partial charge in [-0.3, -0.25) is 0 Å². The van der Waals surface area contributed by atoms with E-state index in [1.807, 2.05) is 58.9 Å². The number of carbonyl (C=O) groups is 1. The Bertz CT molecular complexity index is 747. The fraction of sp³-hybridized carbons (Fsp3) is 0.286. The molecular formula is C21H26O3. The molecule has 24 heavy (non-hydrogen) atoms. The Hall–Kier alpha value is -2.55. The maximum Gasteiger partial charge on any atom is 0.336 e. The summed E-state index contributed by atoms with van der Waals surface area (Å²) in [5.74, 6) is -0.159. The molecule has 1 aromatic carbocycles. The van der Waals surface area contributed by atoms with E-state index in [-0.39, 0.29) is 0 Å². The number of rotatable bonds is 6. The molecule has 1 N–H and O–H groups in total. The van der Waals surface area contributed by atoms with Gasteiger partial charge < -0.3 is 9.84 Å². The van der Waals surface area contributed by atoms with Crippen molar-refractivity contribution in [2.45, 2.75) is 34.6 Å². The van der Waals surface area contributed by atoms with Crippen LogP contribution in [0.5, 0.6) is 5.75 Å². The van der Waals surface area contributed by atoms with Crippen LogP contribution in [-0.4, -0.2) is 18.2 Å². The quantitative estimate of drug-likeness (QED) is 0.579. The summed E-state index contributed by atoms with van der Waals surface area (Å²) in [4.78, 5) is 11.9. The van der Waals surface area contributed by atoms with Crippen molar-refractivity contribution in [3.05, 3.63) is 70.3 Å². The van der Waals surface area contributed by atoms with Crippen molar-refractivity contribution < 1.29 is 14.6 Å². The molecule has 0 unspecified atom stereocenters. The number of benzene rings is 1. The molecule has 128 valence electrons. The molecule has 0 aliphatic carbocycles. The highest BCUT2D eigenvalue weighted by molar-refractivity contribution is 6.18. The Morgan fingerprint density at radius 2 is 1.83 bits per heavy atom. The van der Waals surface area contributed by atoms with Crippen molar-refractivity contribution in [1.82, 2.24) is 0 Å². The van der Waals surface area contributed by atoms with Gasteiger partial charge in [0.2, 0.25) is 0 Å². The summed E-state index contributed by atoms with van der Waals surface area (Å²) in [5, 5.41) is 9.76. The molecule has 0 atom stereocenters. The number of allylic oxidation sites excluding steroid dienone is 6. The van der Waals surface area contributed by atoms with Crippen LogP contribution in [0, 0.1) is 20.8 Å². The van der Waals surface area contributed by atoms with Crippen LogP contribution in [0.15, 0.2) is 48.1 Å². The third-order valence-electron chi connectivity index (χ3n) is 4.15. The summed E-state index contributed by atoms with van der Waals surface area (Å²) in [7, 11) is 1.62.